The van der Waals surface area contributed by atoms with Crippen molar-refractivity contribution in [3.05, 3.63) is 65.7 Å². The van der Waals surface area contributed by atoms with Gasteiger partial charge in [0.15, 0.2) is 6.04 Å². The molecule has 8 nitrogen and oxygen atoms in total. The minimum Gasteiger partial charge on any atom is -0.497 e. The van der Waals surface area contributed by atoms with Gasteiger partial charge in [0.2, 0.25) is 5.82 Å². The zero-order valence-electron chi connectivity index (χ0n) is 17.9. The normalized spacial score (nSPS) is 15.8. The second-order valence-corrected chi connectivity index (χ2v) is 7.58. The van der Waals surface area contributed by atoms with Crippen LogP contribution in [0.3, 0.4) is 0 Å². The average molecular weight is 428 g/mol. The molecule has 9 heteroatoms. The molecule has 0 radical (unpaired) electrons. The van der Waals surface area contributed by atoms with Gasteiger partial charge < -0.3 is 19.3 Å². The molecule has 0 amide bonds. The molecule has 1 saturated heterocycles. The minimum absolute atomic E-state index is 0.0783. The maximum Gasteiger partial charge on any atom is 0.214 e. The Labute approximate surface area is 181 Å². The topological polar surface area (TPSA) is 69.7 Å². The zero-order valence-corrected chi connectivity index (χ0v) is 17.9. The van der Waals surface area contributed by atoms with Gasteiger partial charge in [-0.15, -0.1) is 5.10 Å². The van der Waals surface area contributed by atoms with Crippen molar-refractivity contribution in [1.82, 2.24) is 20.2 Å². The first-order valence-corrected chi connectivity index (χ1v) is 10.4. The Morgan fingerprint density at radius 1 is 1.03 bits per heavy atom. The number of ether oxygens (including phenoxy) is 2. The number of hydrogen-bond acceptors (Lipinski definition) is 6. The number of methoxy groups -OCH3 is 2. The lowest BCUT2D eigenvalue weighted by Crippen LogP contribution is -3.15. The van der Waals surface area contributed by atoms with E-state index in [2.05, 4.69) is 32.6 Å². The van der Waals surface area contributed by atoms with E-state index in [9.17, 15) is 4.39 Å². The summed E-state index contributed by atoms with van der Waals surface area (Å²) in [4.78, 5) is 3.73. The number of tetrazole rings is 1. The maximum absolute atomic E-state index is 13.6. The van der Waals surface area contributed by atoms with Gasteiger partial charge in [-0.3, -0.25) is 0 Å². The molecule has 164 valence electrons. The quantitative estimate of drug-likeness (QED) is 0.578. The Hall–Kier alpha value is -3.04. The van der Waals surface area contributed by atoms with Crippen molar-refractivity contribution in [1.29, 1.82) is 0 Å². The molecule has 3 aromatic rings. The highest BCUT2D eigenvalue weighted by Crippen LogP contribution is 2.21. The van der Waals surface area contributed by atoms with Crippen molar-refractivity contribution in [2.45, 2.75) is 12.6 Å². The third-order valence-electron chi connectivity index (χ3n) is 5.78. The summed E-state index contributed by atoms with van der Waals surface area (Å²) in [5.41, 5.74) is 2.19. The predicted molar refractivity (Wildman–Crippen MR) is 114 cm³/mol. The molecule has 0 bridgehead atoms. The van der Waals surface area contributed by atoms with Crippen LogP contribution in [-0.2, 0) is 11.3 Å². The van der Waals surface area contributed by atoms with E-state index in [0.717, 1.165) is 43.3 Å². The molecule has 1 N–H and O–H groups in total. The van der Waals surface area contributed by atoms with E-state index < -0.39 is 0 Å². The summed E-state index contributed by atoms with van der Waals surface area (Å²) in [5, 5.41) is 12.4. The van der Waals surface area contributed by atoms with Crippen molar-refractivity contribution in [3.63, 3.8) is 0 Å². The summed E-state index contributed by atoms with van der Waals surface area (Å²) >= 11 is 0. The molecule has 1 atom stereocenters. The Morgan fingerprint density at radius 3 is 2.39 bits per heavy atom. The Morgan fingerprint density at radius 2 is 1.74 bits per heavy atom. The van der Waals surface area contributed by atoms with E-state index in [1.165, 1.54) is 22.7 Å². The fourth-order valence-corrected chi connectivity index (χ4v) is 4.11. The van der Waals surface area contributed by atoms with E-state index in [0.29, 0.717) is 13.2 Å². The number of nitrogens with zero attached hydrogens (tertiary/aromatic N) is 5. The first kappa shape index (κ1) is 21.2. The fraction of sp³-hybridized carbons (Fsp3) is 0.409. The van der Waals surface area contributed by atoms with Gasteiger partial charge in [0.25, 0.3) is 0 Å². The molecule has 1 aliphatic heterocycles. The molecular formula is C22H28FN6O2+. The first-order chi connectivity index (χ1) is 15.2. The second-order valence-electron chi connectivity index (χ2n) is 7.58. The summed E-state index contributed by atoms with van der Waals surface area (Å²) in [6, 6.07) is 14.7. The number of benzene rings is 2. The van der Waals surface area contributed by atoms with Crippen molar-refractivity contribution < 1.29 is 18.8 Å². The van der Waals surface area contributed by atoms with Gasteiger partial charge in [0, 0.05) is 18.4 Å². The van der Waals surface area contributed by atoms with Crippen molar-refractivity contribution in [3.8, 4) is 5.75 Å². The van der Waals surface area contributed by atoms with Gasteiger partial charge in [0.05, 0.1) is 46.4 Å². The molecule has 0 saturated carbocycles. The van der Waals surface area contributed by atoms with Crippen LogP contribution in [0.4, 0.5) is 10.1 Å². The second kappa shape index (κ2) is 9.84. The van der Waals surface area contributed by atoms with Gasteiger partial charge in [-0.1, -0.05) is 0 Å². The van der Waals surface area contributed by atoms with E-state index in [1.807, 2.05) is 24.3 Å². The Balaban J connectivity index is 1.55. The van der Waals surface area contributed by atoms with Crippen LogP contribution < -0.4 is 14.5 Å². The van der Waals surface area contributed by atoms with Crippen LogP contribution in [0.5, 0.6) is 5.75 Å². The molecule has 2 aromatic carbocycles. The molecule has 0 unspecified atom stereocenters. The Kier molecular flexibility index (Phi) is 6.73. The molecule has 1 aliphatic rings. The molecule has 4 rings (SSSR count). The third-order valence-corrected chi connectivity index (χ3v) is 5.78. The first-order valence-electron chi connectivity index (χ1n) is 10.4. The number of rotatable bonds is 8. The largest absolute Gasteiger partial charge is 0.497 e. The summed E-state index contributed by atoms with van der Waals surface area (Å²) < 4.78 is 25.9. The Bertz CT molecular complexity index is 955. The van der Waals surface area contributed by atoms with Crippen LogP contribution in [0, 0.1) is 5.82 Å². The molecule has 1 fully saturated rings. The summed E-state index contributed by atoms with van der Waals surface area (Å²) in [7, 11) is 3.33. The molecular weight excluding hydrogens is 399 g/mol. The monoisotopic (exact) mass is 427 g/mol. The van der Waals surface area contributed by atoms with E-state index in [-0.39, 0.29) is 11.9 Å². The molecule has 31 heavy (non-hydrogen) atoms. The zero-order chi connectivity index (χ0) is 21.6. The number of quaternary nitrogens is 1. The predicted octanol–water partition coefficient (Wildman–Crippen LogP) is 0.962. The van der Waals surface area contributed by atoms with Crippen molar-refractivity contribution >= 4 is 5.69 Å². The smallest absolute Gasteiger partial charge is 0.214 e. The maximum atomic E-state index is 13.6. The highest BCUT2D eigenvalue weighted by atomic mass is 19.1. The lowest BCUT2D eigenvalue weighted by atomic mass is 10.0. The third kappa shape index (κ3) is 4.83. The number of anilines is 1. The highest BCUT2D eigenvalue weighted by molar-refractivity contribution is 5.49. The standard InChI is InChI=1S/C22H27FN6O2/c1-30-16-15-29-22(24-25-26-29)21(17-3-5-18(23)6-4-17)28-13-11-27(12-14-28)19-7-9-20(31-2)10-8-19/h3-10,21H,11-16H2,1-2H3/p+1/t21-/m1/s1. The highest BCUT2D eigenvalue weighted by Gasteiger charge is 2.34. The summed E-state index contributed by atoms with van der Waals surface area (Å²) in [6.07, 6.45) is 0. The number of nitrogens with one attached hydrogen (secondary N) is 1. The lowest BCUT2D eigenvalue weighted by molar-refractivity contribution is -0.927. The minimum atomic E-state index is -0.249. The number of hydrogen-bond donors (Lipinski definition) is 1. The van der Waals surface area contributed by atoms with E-state index >= 15 is 0 Å². The van der Waals surface area contributed by atoms with Crippen LogP contribution in [-0.4, -0.2) is 67.2 Å². The van der Waals surface area contributed by atoms with Gasteiger partial charge in [-0.05, 0) is 59.0 Å². The summed E-state index contributed by atoms with van der Waals surface area (Å²) in [5.74, 6) is 1.38. The van der Waals surface area contributed by atoms with Crippen LogP contribution in [0.1, 0.15) is 17.4 Å². The van der Waals surface area contributed by atoms with Gasteiger partial charge >= 0.3 is 0 Å². The molecule has 1 aromatic heterocycles. The molecule has 0 aliphatic carbocycles. The van der Waals surface area contributed by atoms with Crippen molar-refractivity contribution in [2.75, 3.05) is 51.9 Å². The number of halogens is 1. The summed E-state index contributed by atoms with van der Waals surface area (Å²) in [6.45, 7) is 4.71. The van der Waals surface area contributed by atoms with E-state index in [4.69, 9.17) is 9.47 Å². The van der Waals surface area contributed by atoms with Crippen molar-refractivity contribution in [2.24, 2.45) is 0 Å². The van der Waals surface area contributed by atoms with Gasteiger partial charge in [-0.2, -0.15) is 0 Å². The average Bonchev–Trinajstić information content (AvgIpc) is 3.27. The van der Waals surface area contributed by atoms with Crippen LogP contribution in [0.15, 0.2) is 48.5 Å². The molecule has 0 spiro atoms. The fourth-order valence-electron chi connectivity index (χ4n) is 4.11. The van der Waals surface area contributed by atoms with E-state index in [1.54, 1.807) is 18.9 Å². The van der Waals surface area contributed by atoms with Gasteiger partial charge in [-0.25, -0.2) is 9.07 Å². The molecule has 2 heterocycles. The lowest BCUT2D eigenvalue weighted by Gasteiger charge is -2.37. The number of piperazine rings is 1. The SMILES string of the molecule is COCCn1nnnc1[C@@H](c1ccc(F)cc1)[NH+]1CCN(c2ccc(OC)cc2)CC1. The number of aromatic nitrogens is 4. The van der Waals surface area contributed by atoms with Gasteiger partial charge in [0.1, 0.15) is 11.6 Å². The van der Waals surface area contributed by atoms with Crippen LogP contribution in [0.25, 0.3) is 0 Å². The van der Waals surface area contributed by atoms with Crippen LogP contribution >= 0.6 is 0 Å². The van der Waals surface area contributed by atoms with Crippen LogP contribution in [0.2, 0.25) is 0 Å².